The van der Waals surface area contributed by atoms with Crippen molar-refractivity contribution in [3.05, 3.63) is 33.1 Å². The molecule has 1 aromatic carbocycles. The molecule has 0 unspecified atom stereocenters. The van der Waals surface area contributed by atoms with E-state index in [-0.39, 0.29) is 16.4 Å². The summed E-state index contributed by atoms with van der Waals surface area (Å²) in [7, 11) is 1.56. The van der Waals surface area contributed by atoms with Crippen LogP contribution in [0, 0.1) is 3.95 Å². The van der Waals surface area contributed by atoms with Crippen molar-refractivity contribution in [1.82, 2.24) is 4.57 Å². The molecule has 110 valence electrons. The molecule has 0 amide bonds. The zero-order valence-electron chi connectivity index (χ0n) is 11.0. The highest BCUT2D eigenvalue weighted by atomic mass is 32.1. The molecule has 0 aliphatic rings. The first-order valence-corrected chi connectivity index (χ1v) is 7.06. The number of aliphatic imine (C=N–C) groups is 1. The van der Waals surface area contributed by atoms with Crippen LogP contribution in [-0.4, -0.2) is 34.1 Å². The van der Waals surface area contributed by atoms with Crippen LogP contribution in [-0.2, 0) is 11.3 Å². The van der Waals surface area contributed by atoms with E-state index < -0.39 is 5.97 Å². The van der Waals surface area contributed by atoms with Crippen LogP contribution in [0.3, 0.4) is 0 Å². The molecular formula is C13H12N2O4S2. The van der Waals surface area contributed by atoms with Crippen LogP contribution in [0.1, 0.15) is 4.88 Å². The van der Waals surface area contributed by atoms with E-state index in [2.05, 4.69) is 4.99 Å². The summed E-state index contributed by atoms with van der Waals surface area (Å²) >= 11 is 6.12. The summed E-state index contributed by atoms with van der Waals surface area (Å²) in [6.45, 7) is -0.381. The molecule has 1 heterocycles. The summed E-state index contributed by atoms with van der Waals surface area (Å²) in [5.41, 5.74) is 0.651. The lowest BCUT2D eigenvalue weighted by atomic mass is 10.3. The van der Waals surface area contributed by atoms with Gasteiger partial charge in [0.15, 0.2) is 3.95 Å². The lowest BCUT2D eigenvalue weighted by molar-refractivity contribution is -0.137. The van der Waals surface area contributed by atoms with Crippen molar-refractivity contribution in [3.8, 4) is 11.6 Å². The van der Waals surface area contributed by atoms with Gasteiger partial charge in [-0.3, -0.25) is 14.4 Å². The number of carbonyl (C=O) groups is 1. The average Bonchev–Trinajstić information content (AvgIpc) is 2.72. The Morgan fingerprint density at radius 2 is 2.33 bits per heavy atom. The number of carboxylic acid groups (broad SMARTS) is 1. The van der Waals surface area contributed by atoms with Crippen LogP contribution in [0.15, 0.2) is 29.3 Å². The van der Waals surface area contributed by atoms with Crippen molar-refractivity contribution in [1.29, 1.82) is 0 Å². The van der Waals surface area contributed by atoms with E-state index in [1.165, 1.54) is 6.21 Å². The predicted octanol–water partition coefficient (Wildman–Crippen LogP) is 2.83. The first kappa shape index (κ1) is 15.2. The zero-order chi connectivity index (χ0) is 15.4. The van der Waals surface area contributed by atoms with E-state index in [0.29, 0.717) is 16.3 Å². The molecular weight excluding hydrogens is 312 g/mol. The molecule has 0 spiro atoms. The third-order valence-corrected chi connectivity index (χ3v) is 3.94. The number of hydrogen-bond acceptors (Lipinski definition) is 6. The third kappa shape index (κ3) is 3.67. The molecule has 21 heavy (non-hydrogen) atoms. The minimum Gasteiger partial charge on any atom is -0.497 e. The summed E-state index contributed by atoms with van der Waals surface area (Å²) in [4.78, 5) is 15.3. The van der Waals surface area contributed by atoms with E-state index in [9.17, 15) is 9.90 Å². The number of aromatic hydroxyl groups is 1. The van der Waals surface area contributed by atoms with Gasteiger partial charge < -0.3 is 14.9 Å². The minimum atomic E-state index is -1.07. The van der Waals surface area contributed by atoms with E-state index in [4.69, 9.17) is 22.1 Å². The normalized spacial score (nSPS) is 10.9. The molecule has 0 bridgehead atoms. The van der Waals surface area contributed by atoms with E-state index in [0.717, 1.165) is 15.9 Å². The molecule has 0 saturated heterocycles. The quantitative estimate of drug-likeness (QED) is 0.652. The molecule has 0 radical (unpaired) electrons. The Labute approximate surface area is 129 Å². The summed E-state index contributed by atoms with van der Waals surface area (Å²) in [6.07, 6.45) is 1.45. The number of ether oxygens (including phenoxy) is 1. The van der Waals surface area contributed by atoms with Crippen LogP contribution >= 0.6 is 23.6 Å². The molecule has 0 aliphatic carbocycles. The molecule has 2 aromatic rings. The highest BCUT2D eigenvalue weighted by Crippen LogP contribution is 2.26. The van der Waals surface area contributed by atoms with E-state index >= 15 is 0 Å². The van der Waals surface area contributed by atoms with Gasteiger partial charge in [0.1, 0.15) is 17.2 Å². The van der Waals surface area contributed by atoms with E-state index in [1.807, 2.05) is 0 Å². The SMILES string of the molecule is COc1cccc(N=Cc2sc(=S)n(CC(=O)O)c2O)c1. The maximum Gasteiger partial charge on any atom is 0.323 e. The van der Waals surface area contributed by atoms with Crippen molar-refractivity contribution < 1.29 is 19.7 Å². The summed E-state index contributed by atoms with van der Waals surface area (Å²) in [5, 5.41) is 18.7. The molecule has 0 atom stereocenters. The molecule has 0 saturated carbocycles. The lowest BCUT2D eigenvalue weighted by Gasteiger charge is -2.00. The number of methoxy groups -OCH3 is 1. The fraction of sp³-hybridized carbons (Fsp3) is 0.154. The highest BCUT2D eigenvalue weighted by Gasteiger charge is 2.12. The first-order valence-electron chi connectivity index (χ1n) is 5.83. The van der Waals surface area contributed by atoms with Gasteiger partial charge >= 0.3 is 5.97 Å². The number of aromatic nitrogens is 1. The smallest absolute Gasteiger partial charge is 0.323 e. The minimum absolute atomic E-state index is 0.195. The maximum atomic E-state index is 10.7. The Kier molecular flexibility index (Phi) is 4.71. The molecule has 1 aromatic heterocycles. The standard InChI is InChI=1S/C13H12N2O4S2/c1-19-9-4-2-3-8(5-9)14-6-10-12(18)15(7-11(16)17)13(20)21-10/h2-6,18H,7H2,1H3,(H,16,17). The Balaban J connectivity index is 2.29. The van der Waals surface area contributed by atoms with Crippen LogP contribution in [0.2, 0.25) is 0 Å². The van der Waals surface area contributed by atoms with Gasteiger partial charge in [-0.1, -0.05) is 17.4 Å². The van der Waals surface area contributed by atoms with Gasteiger partial charge in [-0.2, -0.15) is 0 Å². The molecule has 0 fully saturated rings. The summed E-state index contributed by atoms with van der Waals surface area (Å²) < 4.78 is 6.52. The molecule has 2 rings (SSSR count). The topological polar surface area (TPSA) is 84.1 Å². The Morgan fingerprint density at radius 1 is 1.57 bits per heavy atom. The van der Waals surface area contributed by atoms with Gasteiger partial charge in [-0.25, -0.2) is 0 Å². The fourth-order valence-corrected chi connectivity index (χ4v) is 2.77. The van der Waals surface area contributed by atoms with Gasteiger partial charge in [0.25, 0.3) is 0 Å². The second-order valence-corrected chi connectivity index (χ2v) is 5.67. The number of benzene rings is 1. The van der Waals surface area contributed by atoms with Crippen molar-refractivity contribution in [2.75, 3.05) is 7.11 Å². The predicted molar refractivity (Wildman–Crippen MR) is 82.7 cm³/mol. The largest absolute Gasteiger partial charge is 0.497 e. The van der Waals surface area contributed by atoms with Crippen molar-refractivity contribution in [2.45, 2.75) is 6.54 Å². The zero-order valence-corrected chi connectivity index (χ0v) is 12.6. The van der Waals surface area contributed by atoms with Gasteiger partial charge in [0.05, 0.1) is 19.0 Å². The van der Waals surface area contributed by atoms with Crippen molar-refractivity contribution >= 4 is 41.4 Å². The van der Waals surface area contributed by atoms with Gasteiger partial charge in [0, 0.05) is 6.07 Å². The number of nitrogens with zero attached hydrogens (tertiary/aromatic N) is 2. The van der Waals surface area contributed by atoms with Gasteiger partial charge in [0.2, 0.25) is 5.88 Å². The average molecular weight is 324 g/mol. The number of aliphatic carboxylic acids is 1. The Hall–Kier alpha value is -2.19. The molecule has 2 N–H and O–H groups in total. The third-order valence-electron chi connectivity index (χ3n) is 2.57. The first-order chi connectivity index (χ1) is 10.0. The number of carboxylic acids is 1. The monoisotopic (exact) mass is 324 g/mol. The van der Waals surface area contributed by atoms with Gasteiger partial charge in [-0.05, 0) is 24.4 Å². The van der Waals surface area contributed by atoms with Crippen LogP contribution in [0.5, 0.6) is 11.6 Å². The number of rotatable bonds is 5. The summed E-state index contributed by atoms with van der Waals surface area (Å²) in [5.74, 6) is -0.598. The van der Waals surface area contributed by atoms with Crippen LogP contribution in [0.4, 0.5) is 5.69 Å². The lowest BCUT2D eigenvalue weighted by Crippen LogP contribution is -2.08. The highest BCUT2D eigenvalue weighted by molar-refractivity contribution is 7.73. The maximum absolute atomic E-state index is 10.7. The Morgan fingerprint density at radius 3 is 3.00 bits per heavy atom. The van der Waals surface area contributed by atoms with E-state index in [1.54, 1.807) is 31.4 Å². The fourth-order valence-electron chi connectivity index (χ4n) is 1.60. The second-order valence-electron chi connectivity index (χ2n) is 4.00. The van der Waals surface area contributed by atoms with Crippen molar-refractivity contribution in [2.24, 2.45) is 4.99 Å². The van der Waals surface area contributed by atoms with Crippen molar-refractivity contribution in [3.63, 3.8) is 0 Å². The summed E-state index contributed by atoms with van der Waals surface area (Å²) in [6, 6.07) is 7.11. The molecule has 8 heteroatoms. The molecule has 0 aliphatic heterocycles. The van der Waals surface area contributed by atoms with Gasteiger partial charge in [-0.15, -0.1) is 0 Å². The Bertz CT molecular complexity index is 749. The number of thiazole rings is 1. The van der Waals surface area contributed by atoms with Crippen LogP contribution in [0.25, 0.3) is 0 Å². The number of hydrogen-bond donors (Lipinski definition) is 2. The second kappa shape index (κ2) is 6.51. The molecule has 6 nitrogen and oxygen atoms in total. The van der Waals surface area contributed by atoms with Crippen LogP contribution < -0.4 is 4.74 Å².